The summed E-state index contributed by atoms with van der Waals surface area (Å²) in [4.78, 5) is 30.4. The third-order valence-electron chi connectivity index (χ3n) is 4.56. The fourth-order valence-corrected chi connectivity index (χ4v) is 4.24. The number of aromatic nitrogens is 2. The highest BCUT2D eigenvalue weighted by molar-refractivity contribution is 7.20. The number of para-hydroxylation sites is 1. The van der Waals surface area contributed by atoms with Crippen LogP contribution < -0.4 is 16.0 Å². The molecule has 3 rings (SSSR count). The number of hydrogen-bond donors (Lipinski definition) is 1. The number of nitrogens with two attached hydrogens (primary N) is 1. The van der Waals surface area contributed by atoms with Crippen LogP contribution in [0.25, 0.3) is 10.2 Å². The van der Waals surface area contributed by atoms with E-state index in [1.165, 1.54) is 0 Å². The molecule has 2 N–H and O–H groups in total. The zero-order valence-corrected chi connectivity index (χ0v) is 16.5. The Kier molecular flexibility index (Phi) is 5.76. The molecule has 1 aromatic carbocycles. The molecule has 8 heteroatoms. The van der Waals surface area contributed by atoms with Crippen LogP contribution in [0.15, 0.2) is 29.1 Å². The van der Waals surface area contributed by atoms with E-state index < -0.39 is 5.91 Å². The highest BCUT2D eigenvalue weighted by Gasteiger charge is 2.20. The summed E-state index contributed by atoms with van der Waals surface area (Å²) in [7, 11) is 1.59. The number of methoxy groups -OCH3 is 1. The topological polar surface area (TPSA) is 111 Å². The van der Waals surface area contributed by atoms with Crippen LogP contribution >= 0.6 is 11.3 Å². The molecule has 28 heavy (non-hydrogen) atoms. The van der Waals surface area contributed by atoms with Gasteiger partial charge in [-0.25, -0.2) is 4.98 Å². The Balaban J connectivity index is 2.18. The van der Waals surface area contributed by atoms with Crippen LogP contribution in [0.4, 0.5) is 0 Å². The van der Waals surface area contributed by atoms with Crippen LogP contribution in [0, 0.1) is 18.3 Å². The maximum atomic E-state index is 13.2. The molecule has 0 saturated carbocycles. The van der Waals surface area contributed by atoms with Crippen molar-refractivity contribution in [3.8, 4) is 11.8 Å². The van der Waals surface area contributed by atoms with E-state index in [9.17, 15) is 9.59 Å². The molecule has 0 fully saturated rings. The lowest BCUT2D eigenvalue weighted by Crippen LogP contribution is -2.26. The van der Waals surface area contributed by atoms with Crippen molar-refractivity contribution in [3.63, 3.8) is 0 Å². The van der Waals surface area contributed by atoms with Crippen LogP contribution in [0.5, 0.6) is 5.75 Å². The third-order valence-corrected chi connectivity index (χ3v) is 5.76. The summed E-state index contributed by atoms with van der Waals surface area (Å²) in [5, 5.41) is 9.26. The van der Waals surface area contributed by atoms with Crippen molar-refractivity contribution >= 4 is 27.5 Å². The van der Waals surface area contributed by atoms with E-state index in [0.29, 0.717) is 58.0 Å². The molecule has 0 aliphatic rings. The van der Waals surface area contributed by atoms with Crippen LogP contribution in [-0.2, 0) is 13.0 Å². The van der Waals surface area contributed by atoms with Gasteiger partial charge >= 0.3 is 0 Å². The molecule has 2 aromatic heterocycles. The standard InChI is InChI=1S/C20H20N4O3S/c1-12-16-19(28-17(12)18(22)25)23-15(24(20(16)26)10-6-5-9-21)11-13-7-3-4-8-14(13)27-2/h3-4,7-8H,5-6,10-11H2,1-2H3,(H2,22,25). The fraction of sp³-hybridized carbons (Fsp3) is 0.300. The Morgan fingerprint density at radius 1 is 1.39 bits per heavy atom. The van der Waals surface area contributed by atoms with E-state index in [4.69, 9.17) is 15.7 Å². The van der Waals surface area contributed by atoms with Gasteiger partial charge in [-0.15, -0.1) is 11.3 Å². The van der Waals surface area contributed by atoms with Gasteiger partial charge in [0.25, 0.3) is 11.5 Å². The monoisotopic (exact) mass is 396 g/mol. The Bertz CT molecular complexity index is 1140. The molecular formula is C20H20N4O3S. The van der Waals surface area contributed by atoms with Gasteiger partial charge in [0.1, 0.15) is 16.4 Å². The van der Waals surface area contributed by atoms with E-state index in [0.717, 1.165) is 16.9 Å². The first-order valence-corrected chi connectivity index (χ1v) is 9.61. The summed E-state index contributed by atoms with van der Waals surface area (Å²) in [6.45, 7) is 2.09. The van der Waals surface area contributed by atoms with E-state index >= 15 is 0 Å². The smallest absolute Gasteiger partial charge is 0.262 e. The van der Waals surface area contributed by atoms with Crippen molar-refractivity contribution in [1.82, 2.24) is 9.55 Å². The molecule has 0 bridgehead atoms. The molecule has 0 aliphatic carbocycles. The number of aryl methyl sites for hydroxylation is 1. The van der Waals surface area contributed by atoms with E-state index in [1.807, 2.05) is 24.3 Å². The number of carbonyl (C=O) groups is 1. The van der Waals surface area contributed by atoms with Crippen molar-refractivity contribution < 1.29 is 9.53 Å². The van der Waals surface area contributed by atoms with Crippen LogP contribution in [0.2, 0.25) is 0 Å². The van der Waals surface area contributed by atoms with Gasteiger partial charge in [-0.3, -0.25) is 14.2 Å². The predicted octanol–water partition coefficient (Wildman–Crippen LogP) is 2.77. The third kappa shape index (κ3) is 3.62. The van der Waals surface area contributed by atoms with Crippen LogP contribution in [-0.4, -0.2) is 22.6 Å². The number of benzene rings is 1. The zero-order valence-electron chi connectivity index (χ0n) is 15.7. The minimum Gasteiger partial charge on any atom is -0.496 e. The Morgan fingerprint density at radius 2 is 2.14 bits per heavy atom. The largest absolute Gasteiger partial charge is 0.496 e. The van der Waals surface area contributed by atoms with E-state index in [-0.39, 0.29) is 5.56 Å². The van der Waals surface area contributed by atoms with Crippen molar-refractivity contribution in [2.24, 2.45) is 5.73 Å². The first-order chi connectivity index (χ1) is 13.5. The number of amides is 1. The van der Waals surface area contributed by atoms with Gasteiger partial charge in [-0.2, -0.15) is 5.26 Å². The molecule has 3 aromatic rings. The summed E-state index contributed by atoms with van der Waals surface area (Å²) < 4.78 is 7.01. The molecule has 0 atom stereocenters. The maximum Gasteiger partial charge on any atom is 0.262 e. The molecular weight excluding hydrogens is 376 g/mol. The lowest BCUT2D eigenvalue weighted by atomic mass is 10.1. The molecule has 0 saturated heterocycles. The predicted molar refractivity (Wildman–Crippen MR) is 108 cm³/mol. The second kappa shape index (κ2) is 8.23. The lowest BCUT2D eigenvalue weighted by molar-refractivity contribution is 0.100. The minimum atomic E-state index is -0.567. The number of hydrogen-bond acceptors (Lipinski definition) is 6. The summed E-state index contributed by atoms with van der Waals surface area (Å²) in [6.07, 6.45) is 1.27. The van der Waals surface area contributed by atoms with Crippen molar-refractivity contribution in [2.45, 2.75) is 32.7 Å². The number of fused-ring (bicyclic) bond motifs is 1. The number of primary amides is 1. The number of unbranched alkanes of at least 4 members (excludes halogenated alkanes) is 1. The van der Waals surface area contributed by atoms with Crippen LogP contribution in [0.1, 0.15) is 39.5 Å². The molecule has 0 aliphatic heterocycles. The Labute approximate surface area is 166 Å². The number of nitrogens with zero attached hydrogens (tertiary/aromatic N) is 3. The number of carbonyl (C=O) groups excluding carboxylic acids is 1. The van der Waals surface area contributed by atoms with Gasteiger partial charge in [0.15, 0.2) is 0 Å². The SMILES string of the molecule is COc1ccccc1Cc1nc2sc(C(N)=O)c(C)c2c(=O)n1CCCC#N. The summed E-state index contributed by atoms with van der Waals surface area (Å²) in [5.41, 5.74) is 6.69. The Morgan fingerprint density at radius 3 is 2.82 bits per heavy atom. The number of ether oxygens (including phenoxy) is 1. The second-order valence-electron chi connectivity index (χ2n) is 6.34. The quantitative estimate of drug-likeness (QED) is 0.617. The first-order valence-electron chi connectivity index (χ1n) is 8.79. The normalized spacial score (nSPS) is 10.8. The summed E-state index contributed by atoms with van der Waals surface area (Å²) in [6, 6.07) is 9.64. The summed E-state index contributed by atoms with van der Waals surface area (Å²) in [5.74, 6) is 0.708. The zero-order chi connectivity index (χ0) is 20.3. The highest BCUT2D eigenvalue weighted by Crippen LogP contribution is 2.28. The Hall–Kier alpha value is -3.18. The highest BCUT2D eigenvalue weighted by atomic mass is 32.1. The number of thiophene rings is 1. The van der Waals surface area contributed by atoms with Gasteiger partial charge in [-0.1, -0.05) is 18.2 Å². The molecule has 0 spiro atoms. The summed E-state index contributed by atoms with van der Waals surface area (Å²) >= 11 is 1.14. The van der Waals surface area contributed by atoms with Gasteiger partial charge < -0.3 is 10.5 Å². The van der Waals surface area contributed by atoms with Gasteiger partial charge in [0.05, 0.1) is 23.4 Å². The van der Waals surface area contributed by atoms with Gasteiger partial charge in [0, 0.05) is 24.9 Å². The molecule has 0 unspecified atom stereocenters. The minimum absolute atomic E-state index is 0.214. The second-order valence-corrected chi connectivity index (χ2v) is 7.33. The fourth-order valence-electron chi connectivity index (χ4n) is 3.19. The molecule has 2 heterocycles. The van der Waals surface area contributed by atoms with Gasteiger partial charge in [-0.05, 0) is 25.0 Å². The molecule has 144 valence electrons. The van der Waals surface area contributed by atoms with Crippen molar-refractivity contribution in [3.05, 3.63) is 56.4 Å². The molecule has 0 radical (unpaired) electrons. The average molecular weight is 396 g/mol. The first kappa shape index (κ1) is 19.6. The van der Waals surface area contributed by atoms with Gasteiger partial charge in [0.2, 0.25) is 0 Å². The molecule has 7 nitrogen and oxygen atoms in total. The number of nitriles is 1. The average Bonchev–Trinajstić information content (AvgIpc) is 3.01. The lowest BCUT2D eigenvalue weighted by Gasteiger charge is -2.14. The van der Waals surface area contributed by atoms with E-state index in [1.54, 1.807) is 18.6 Å². The van der Waals surface area contributed by atoms with Crippen molar-refractivity contribution in [1.29, 1.82) is 5.26 Å². The number of rotatable bonds is 7. The molecule has 1 amide bonds. The maximum absolute atomic E-state index is 13.2. The van der Waals surface area contributed by atoms with Crippen molar-refractivity contribution in [2.75, 3.05) is 7.11 Å². The van der Waals surface area contributed by atoms with Crippen LogP contribution in [0.3, 0.4) is 0 Å². The van der Waals surface area contributed by atoms with E-state index in [2.05, 4.69) is 11.1 Å².